The maximum Gasteiger partial charge on any atom is 0.438 e. The first kappa shape index (κ1) is 36.9. The Bertz CT molecular complexity index is 2040. The van der Waals surface area contributed by atoms with E-state index in [0.717, 1.165) is 68.8 Å². The lowest BCUT2D eigenvalue weighted by atomic mass is 10.1. The van der Waals surface area contributed by atoms with Gasteiger partial charge in [0.05, 0.1) is 43.0 Å². The molecule has 1 aliphatic heterocycles. The number of rotatable bonds is 11. The van der Waals surface area contributed by atoms with Crippen molar-refractivity contribution in [1.29, 1.82) is 0 Å². The quantitative estimate of drug-likeness (QED) is 0.103. The van der Waals surface area contributed by atoms with E-state index >= 15 is 0 Å². The minimum absolute atomic E-state index is 0.0400. The third-order valence-corrected chi connectivity index (χ3v) is 9.04. The van der Waals surface area contributed by atoms with E-state index in [2.05, 4.69) is 55.9 Å². The van der Waals surface area contributed by atoms with Crippen molar-refractivity contribution in [2.24, 2.45) is 0 Å². The van der Waals surface area contributed by atoms with E-state index in [9.17, 15) is 14.1 Å². The van der Waals surface area contributed by atoms with Gasteiger partial charge in [-0.05, 0) is 79.4 Å². The van der Waals surface area contributed by atoms with E-state index in [1.165, 1.54) is 0 Å². The first-order valence-electron chi connectivity index (χ1n) is 18.0. The largest absolute Gasteiger partial charge is 0.444 e. The molecule has 4 heterocycles. The maximum absolute atomic E-state index is 14.1. The van der Waals surface area contributed by atoms with E-state index in [0.29, 0.717) is 39.0 Å². The summed E-state index contributed by atoms with van der Waals surface area (Å²) in [4.78, 5) is 42.8. The number of hydrogen-bond donors (Lipinski definition) is 2. The van der Waals surface area contributed by atoms with Crippen LogP contribution in [-0.4, -0.2) is 84.7 Å². The number of aromatic nitrogens is 5. The molecule has 12 nitrogen and oxygen atoms in total. The number of carbonyl (C=O) groups is 2. The minimum Gasteiger partial charge on any atom is -0.444 e. The summed E-state index contributed by atoms with van der Waals surface area (Å²) in [7, 11) is 1.70. The van der Waals surface area contributed by atoms with Crippen LogP contribution in [0.15, 0.2) is 48.8 Å². The summed E-state index contributed by atoms with van der Waals surface area (Å²) in [5.41, 5.74) is 4.61. The second-order valence-electron chi connectivity index (χ2n) is 15.4. The lowest BCUT2D eigenvalue weighted by Gasteiger charge is -2.27. The Hall–Kier alpha value is -4.91. The van der Waals surface area contributed by atoms with E-state index in [1.54, 1.807) is 32.8 Å². The zero-order valence-corrected chi connectivity index (χ0v) is 31.2. The molecular weight excluding hydrogens is 665 g/mol. The first-order valence-corrected chi connectivity index (χ1v) is 18.0. The monoisotopic (exact) mass is 715 g/mol. The Morgan fingerprint density at radius 2 is 1.54 bits per heavy atom. The van der Waals surface area contributed by atoms with Gasteiger partial charge in [0, 0.05) is 59.6 Å². The van der Waals surface area contributed by atoms with Gasteiger partial charge in [-0.3, -0.25) is 4.90 Å². The molecule has 2 N–H and O–H groups in total. The average Bonchev–Trinajstić information content (AvgIpc) is 3.89. The number of H-pyrrole nitrogens is 2. The number of imidazole rings is 2. The highest BCUT2D eigenvalue weighted by molar-refractivity contribution is 6.09. The molecule has 0 bridgehead atoms. The molecule has 1 fully saturated rings. The molecule has 0 saturated carbocycles. The highest BCUT2D eigenvalue weighted by atomic mass is 19.2. The summed E-state index contributed by atoms with van der Waals surface area (Å²) in [6.45, 7) is 12.6. The summed E-state index contributed by atoms with van der Waals surface area (Å²) in [5, 5.41) is 2.39. The smallest absolute Gasteiger partial charge is 0.438 e. The molecule has 3 aromatic heterocycles. The van der Waals surface area contributed by atoms with Gasteiger partial charge in [0.1, 0.15) is 22.9 Å². The number of nitrogens with one attached hydrogen (secondary N) is 2. The van der Waals surface area contributed by atoms with Crippen LogP contribution in [0.5, 0.6) is 0 Å². The van der Waals surface area contributed by atoms with Gasteiger partial charge in [0.25, 0.3) is 0 Å². The highest BCUT2D eigenvalue weighted by Crippen LogP contribution is 2.36. The highest BCUT2D eigenvalue weighted by Gasteiger charge is 2.35. The fourth-order valence-corrected chi connectivity index (χ4v) is 6.68. The number of unbranched alkanes of at least 4 members (excludes halogenated alkanes) is 1. The third-order valence-electron chi connectivity index (χ3n) is 9.04. The number of methoxy groups -OCH3 is 1. The van der Waals surface area contributed by atoms with Gasteiger partial charge in [-0.25, -0.2) is 19.6 Å². The molecule has 2 amide bonds. The van der Waals surface area contributed by atoms with Crippen molar-refractivity contribution in [3.05, 3.63) is 60.4 Å². The summed E-state index contributed by atoms with van der Waals surface area (Å²) in [6, 6.07) is 12.7. The number of ether oxygens (including phenoxy) is 3. The van der Waals surface area contributed by atoms with Crippen molar-refractivity contribution in [2.45, 2.75) is 97.4 Å². The first-order chi connectivity index (χ1) is 24.7. The van der Waals surface area contributed by atoms with Crippen molar-refractivity contribution < 1.29 is 28.3 Å². The summed E-state index contributed by atoms with van der Waals surface area (Å²) in [6.07, 6.45) is 5.85. The molecule has 6 rings (SSSR count). The van der Waals surface area contributed by atoms with E-state index in [4.69, 9.17) is 19.2 Å². The van der Waals surface area contributed by atoms with E-state index < -0.39 is 17.3 Å². The molecule has 1 saturated heterocycles. The topological polar surface area (TPSA) is 131 Å². The Morgan fingerprint density at radius 1 is 0.904 bits per heavy atom. The van der Waals surface area contributed by atoms with Gasteiger partial charge >= 0.3 is 12.2 Å². The van der Waals surface area contributed by atoms with Crippen molar-refractivity contribution in [3.63, 3.8) is 0 Å². The van der Waals surface area contributed by atoms with Gasteiger partial charge in [-0.2, -0.15) is 0 Å². The Morgan fingerprint density at radius 3 is 2.17 bits per heavy atom. The molecule has 5 aromatic rings. The standard InChI is InChI=1S/C39H50FN7O5/c1-38(2,3)51-36(48)46-17-10-11-31(46)35-42-24-30(44-35)26-14-16-28-27-15-13-25(21-32(27)45(19-20-50-7)33(28)22-26)29-23-41-34(43-29)12-8-9-18-47(40)37(49)52-39(4,5)6/h13-16,21-24,31H,8-12,17-20H2,1-7H3,(H,41,43)(H,42,44). The number of nitrogens with zero attached hydrogens (tertiary/aromatic N) is 5. The Kier molecular flexibility index (Phi) is 10.6. The van der Waals surface area contributed by atoms with Crippen LogP contribution in [0.1, 0.15) is 84.9 Å². The lowest BCUT2D eigenvalue weighted by molar-refractivity contribution is -0.0312. The van der Waals surface area contributed by atoms with Crippen molar-refractivity contribution in [2.75, 3.05) is 26.8 Å². The molecule has 278 valence electrons. The molecule has 0 radical (unpaired) electrons. The lowest BCUT2D eigenvalue weighted by Crippen LogP contribution is -2.36. The predicted molar refractivity (Wildman–Crippen MR) is 198 cm³/mol. The Balaban J connectivity index is 1.20. The number of carbonyl (C=O) groups excluding carboxylic acids is 2. The maximum atomic E-state index is 14.1. The van der Waals surface area contributed by atoms with Crippen molar-refractivity contribution in [3.8, 4) is 22.5 Å². The van der Waals surface area contributed by atoms with Gasteiger partial charge in [-0.15, -0.1) is 5.12 Å². The van der Waals surface area contributed by atoms with Crippen LogP contribution in [0.25, 0.3) is 44.3 Å². The molecular formula is C39H50FN7O5. The number of benzene rings is 2. The number of likely N-dealkylation sites (tertiary alicyclic amines) is 1. The SMILES string of the molecule is COCCn1c2cc(-c3cnc(CCCCN(F)C(=O)OC(C)(C)C)[nH]3)ccc2c2ccc(-c3cnc(C4CCCN4C(=O)OC(C)(C)C)[nH]3)cc21. The van der Waals surface area contributed by atoms with Gasteiger partial charge in [0.2, 0.25) is 0 Å². The molecule has 13 heteroatoms. The van der Waals surface area contributed by atoms with Gasteiger partial charge < -0.3 is 28.7 Å². The number of amides is 2. The number of aryl methyl sites for hydroxylation is 1. The number of aromatic amines is 2. The summed E-state index contributed by atoms with van der Waals surface area (Å²) in [5.74, 6) is 1.56. The second-order valence-corrected chi connectivity index (χ2v) is 15.4. The molecule has 1 unspecified atom stereocenters. The summed E-state index contributed by atoms with van der Waals surface area (Å²) < 4.78 is 32.7. The fourth-order valence-electron chi connectivity index (χ4n) is 6.68. The molecule has 0 aliphatic carbocycles. The fraction of sp³-hybridized carbons (Fsp3) is 0.487. The summed E-state index contributed by atoms with van der Waals surface area (Å²) >= 11 is 0. The van der Waals surface area contributed by atoms with Crippen LogP contribution in [0.2, 0.25) is 0 Å². The number of fused-ring (bicyclic) bond motifs is 3. The predicted octanol–water partition coefficient (Wildman–Crippen LogP) is 8.74. The molecule has 52 heavy (non-hydrogen) atoms. The third kappa shape index (κ3) is 8.41. The molecule has 1 atom stereocenters. The van der Waals surface area contributed by atoms with E-state index in [1.807, 2.05) is 33.2 Å². The zero-order valence-electron chi connectivity index (χ0n) is 31.2. The molecule has 2 aromatic carbocycles. The van der Waals surface area contributed by atoms with Gasteiger partial charge in [-0.1, -0.05) is 28.7 Å². The molecule has 1 aliphatic rings. The van der Waals surface area contributed by atoms with Crippen LogP contribution in [-0.2, 0) is 27.2 Å². The second kappa shape index (κ2) is 15.0. The van der Waals surface area contributed by atoms with Crippen LogP contribution in [0.3, 0.4) is 0 Å². The van der Waals surface area contributed by atoms with Crippen LogP contribution in [0, 0.1) is 0 Å². The zero-order chi connectivity index (χ0) is 37.2. The van der Waals surface area contributed by atoms with Crippen LogP contribution < -0.4 is 0 Å². The van der Waals surface area contributed by atoms with Crippen molar-refractivity contribution >= 4 is 34.0 Å². The van der Waals surface area contributed by atoms with Crippen molar-refractivity contribution in [1.82, 2.24) is 34.5 Å². The van der Waals surface area contributed by atoms with Gasteiger partial charge in [0.15, 0.2) is 0 Å². The normalized spacial score (nSPS) is 15.2. The average molecular weight is 716 g/mol. The molecule has 0 spiro atoms. The van der Waals surface area contributed by atoms with Crippen LogP contribution >= 0.6 is 0 Å². The minimum atomic E-state index is -0.967. The Labute approximate surface area is 303 Å². The van der Waals surface area contributed by atoms with E-state index in [-0.39, 0.29) is 23.8 Å². The number of halogens is 1. The van der Waals surface area contributed by atoms with Crippen LogP contribution in [0.4, 0.5) is 14.1 Å². The number of hydrogen-bond acceptors (Lipinski definition) is 7.